The lowest BCUT2D eigenvalue weighted by atomic mass is 10.2. The second kappa shape index (κ2) is 7.90. The summed E-state index contributed by atoms with van der Waals surface area (Å²) in [5, 5.41) is 6.20. The molecular weight excluding hydrogens is 354 g/mol. The number of aromatic nitrogens is 2. The highest BCUT2D eigenvalue weighted by Crippen LogP contribution is 2.13. The van der Waals surface area contributed by atoms with Crippen LogP contribution in [0.15, 0.2) is 44.1 Å². The average Bonchev–Trinajstić information content (AvgIpc) is 3.19. The number of aryl methyl sites for hydroxylation is 2. The molecule has 0 saturated heterocycles. The van der Waals surface area contributed by atoms with Gasteiger partial charge in [-0.05, 0) is 25.5 Å². The lowest BCUT2D eigenvalue weighted by molar-refractivity contribution is -0.154. The predicted octanol–water partition coefficient (Wildman–Crippen LogP) is 2.24. The Morgan fingerprint density at radius 1 is 1.33 bits per heavy atom. The molecule has 27 heavy (non-hydrogen) atoms. The molecule has 1 atom stereocenters. The number of nitrogens with zero attached hydrogens (tertiary/aromatic N) is 2. The molecule has 142 valence electrons. The third kappa shape index (κ3) is 4.25. The molecule has 0 aliphatic rings. The van der Waals surface area contributed by atoms with Crippen LogP contribution in [0.3, 0.4) is 0 Å². The van der Waals surface area contributed by atoms with E-state index >= 15 is 0 Å². The van der Waals surface area contributed by atoms with Gasteiger partial charge in [0.2, 0.25) is 0 Å². The van der Waals surface area contributed by atoms with Gasteiger partial charge in [0, 0.05) is 12.6 Å². The van der Waals surface area contributed by atoms with Gasteiger partial charge in [-0.3, -0.25) is 14.2 Å². The molecular formula is C18H19N3O6. The SMILES string of the molecule is CCC(OC(=O)CCn1c(=O)oc2ccccc21)C(=O)Nc1cc(C)on1. The molecule has 0 saturated carbocycles. The van der Waals surface area contributed by atoms with Gasteiger partial charge in [0.25, 0.3) is 5.91 Å². The highest BCUT2D eigenvalue weighted by Gasteiger charge is 2.22. The van der Waals surface area contributed by atoms with E-state index < -0.39 is 23.7 Å². The number of hydrogen-bond acceptors (Lipinski definition) is 7. The Balaban J connectivity index is 1.59. The maximum atomic E-state index is 12.2. The van der Waals surface area contributed by atoms with Crippen molar-refractivity contribution in [3.05, 3.63) is 46.6 Å². The van der Waals surface area contributed by atoms with Gasteiger partial charge in [-0.15, -0.1) is 0 Å². The zero-order valence-electron chi connectivity index (χ0n) is 14.9. The summed E-state index contributed by atoms with van der Waals surface area (Å²) in [6.45, 7) is 3.51. The highest BCUT2D eigenvalue weighted by atomic mass is 16.5. The van der Waals surface area contributed by atoms with Crippen LogP contribution in [-0.2, 0) is 20.9 Å². The van der Waals surface area contributed by atoms with Crippen molar-refractivity contribution in [2.24, 2.45) is 0 Å². The van der Waals surface area contributed by atoms with E-state index in [0.29, 0.717) is 23.3 Å². The van der Waals surface area contributed by atoms with Crippen molar-refractivity contribution in [2.75, 3.05) is 5.32 Å². The van der Waals surface area contributed by atoms with Gasteiger partial charge in [-0.25, -0.2) is 4.79 Å². The zero-order chi connectivity index (χ0) is 19.4. The number of carbonyl (C=O) groups is 2. The number of hydrogen-bond donors (Lipinski definition) is 1. The lowest BCUT2D eigenvalue weighted by Gasteiger charge is -2.15. The van der Waals surface area contributed by atoms with Crippen molar-refractivity contribution < 1.29 is 23.3 Å². The number of para-hydroxylation sites is 2. The molecule has 3 rings (SSSR count). The Morgan fingerprint density at radius 2 is 2.11 bits per heavy atom. The third-order valence-electron chi connectivity index (χ3n) is 3.93. The Morgan fingerprint density at radius 3 is 2.81 bits per heavy atom. The number of oxazole rings is 1. The fourth-order valence-corrected chi connectivity index (χ4v) is 2.60. The van der Waals surface area contributed by atoms with Crippen LogP contribution in [0.5, 0.6) is 0 Å². The van der Waals surface area contributed by atoms with Gasteiger partial charge in [-0.2, -0.15) is 0 Å². The summed E-state index contributed by atoms with van der Waals surface area (Å²) in [5.74, 6) is -0.831. The molecule has 0 spiro atoms. The molecule has 1 unspecified atom stereocenters. The molecule has 9 nitrogen and oxygen atoms in total. The molecule has 0 radical (unpaired) electrons. The van der Waals surface area contributed by atoms with Gasteiger partial charge in [0.15, 0.2) is 17.5 Å². The standard InChI is InChI=1S/C18H19N3O6/c1-3-13(17(23)19-15-10-11(2)27-20-15)25-16(22)8-9-21-12-6-4-5-7-14(12)26-18(21)24/h4-7,10,13H,3,8-9H2,1-2H3,(H,19,20,23). The molecule has 0 aliphatic heterocycles. The first-order chi connectivity index (χ1) is 13.0. The average molecular weight is 373 g/mol. The summed E-state index contributed by atoms with van der Waals surface area (Å²) in [4.78, 5) is 36.3. The Hall–Kier alpha value is -3.36. The quantitative estimate of drug-likeness (QED) is 0.631. The summed E-state index contributed by atoms with van der Waals surface area (Å²) < 4.78 is 16.6. The van der Waals surface area contributed by atoms with Crippen LogP contribution in [0.25, 0.3) is 11.1 Å². The number of rotatable bonds is 7. The second-order valence-corrected chi connectivity index (χ2v) is 5.94. The maximum absolute atomic E-state index is 12.2. The fourth-order valence-electron chi connectivity index (χ4n) is 2.60. The number of amides is 1. The smallest absolute Gasteiger partial charge is 0.419 e. The van der Waals surface area contributed by atoms with Crippen molar-refractivity contribution in [1.29, 1.82) is 0 Å². The molecule has 0 fully saturated rings. The van der Waals surface area contributed by atoms with Gasteiger partial charge >= 0.3 is 11.7 Å². The molecule has 1 N–H and O–H groups in total. The van der Waals surface area contributed by atoms with E-state index in [-0.39, 0.29) is 18.8 Å². The van der Waals surface area contributed by atoms with Crippen molar-refractivity contribution >= 4 is 28.8 Å². The minimum absolute atomic E-state index is 0.0731. The van der Waals surface area contributed by atoms with Crippen molar-refractivity contribution in [3.63, 3.8) is 0 Å². The molecule has 0 aliphatic carbocycles. The third-order valence-corrected chi connectivity index (χ3v) is 3.93. The fraction of sp³-hybridized carbons (Fsp3) is 0.333. The Labute approximate surface area is 153 Å². The number of carbonyl (C=O) groups excluding carboxylic acids is 2. The minimum Gasteiger partial charge on any atom is -0.452 e. The molecule has 3 aromatic rings. The normalized spacial score (nSPS) is 12.1. The first-order valence-corrected chi connectivity index (χ1v) is 8.50. The van der Waals surface area contributed by atoms with E-state index in [0.717, 1.165) is 0 Å². The first kappa shape index (κ1) is 18.4. The number of benzene rings is 1. The van der Waals surface area contributed by atoms with Crippen LogP contribution in [0.2, 0.25) is 0 Å². The largest absolute Gasteiger partial charge is 0.452 e. The van der Waals surface area contributed by atoms with E-state index in [1.54, 1.807) is 44.2 Å². The monoisotopic (exact) mass is 373 g/mol. The van der Waals surface area contributed by atoms with Gasteiger partial charge in [-0.1, -0.05) is 24.2 Å². The summed E-state index contributed by atoms with van der Waals surface area (Å²) in [5.41, 5.74) is 1.05. The minimum atomic E-state index is -0.965. The molecule has 2 aromatic heterocycles. The maximum Gasteiger partial charge on any atom is 0.419 e. The second-order valence-electron chi connectivity index (χ2n) is 5.94. The van der Waals surface area contributed by atoms with E-state index in [4.69, 9.17) is 13.7 Å². The lowest BCUT2D eigenvalue weighted by Crippen LogP contribution is -2.32. The summed E-state index contributed by atoms with van der Waals surface area (Å²) >= 11 is 0. The Kier molecular flexibility index (Phi) is 5.39. The van der Waals surface area contributed by atoms with Crippen LogP contribution in [-0.4, -0.2) is 27.7 Å². The van der Waals surface area contributed by atoms with Crippen molar-refractivity contribution in [2.45, 2.75) is 39.3 Å². The number of nitrogens with one attached hydrogen (secondary N) is 1. The van der Waals surface area contributed by atoms with Crippen molar-refractivity contribution in [1.82, 2.24) is 9.72 Å². The number of esters is 1. The Bertz CT molecular complexity index is 1020. The number of ether oxygens (including phenoxy) is 1. The van der Waals surface area contributed by atoms with E-state index in [1.165, 1.54) is 4.57 Å². The first-order valence-electron chi connectivity index (χ1n) is 8.50. The van der Waals surface area contributed by atoms with Gasteiger partial charge in [0.05, 0.1) is 11.9 Å². The molecule has 0 bridgehead atoms. The highest BCUT2D eigenvalue weighted by molar-refractivity contribution is 5.94. The van der Waals surface area contributed by atoms with Gasteiger partial charge < -0.3 is 19.0 Å². The summed E-state index contributed by atoms with van der Waals surface area (Å²) in [7, 11) is 0. The molecule has 2 heterocycles. The van der Waals surface area contributed by atoms with Crippen LogP contribution in [0.4, 0.5) is 5.82 Å². The molecule has 1 amide bonds. The summed E-state index contributed by atoms with van der Waals surface area (Å²) in [6, 6.07) is 8.49. The van der Waals surface area contributed by atoms with Crippen LogP contribution >= 0.6 is 0 Å². The predicted molar refractivity (Wildman–Crippen MR) is 95.1 cm³/mol. The molecule has 1 aromatic carbocycles. The van der Waals surface area contributed by atoms with Crippen LogP contribution < -0.4 is 11.1 Å². The topological polar surface area (TPSA) is 117 Å². The van der Waals surface area contributed by atoms with Crippen molar-refractivity contribution in [3.8, 4) is 0 Å². The molecule has 9 heteroatoms. The van der Waals surface area contributed by atoms with E-state index in [1.807, 2.05) is 0 Å². The number of anilines is 1. The van der Waals surface area contributed by atoms with Crippen LogP contribution in [0, 0.1) is 6.92 Å². The van der Waals surface area contributed by atoms with E-state index in [2.05, 4.69) is 10.5 Å². The van der Waals surface area contributed by atoms with E-state index in [9.17, 15) is 14.4 Å². The zero-order valence-corrected chi connectivity index (χ0v) is 14.9. The van der Waals surface area contributed by atoms with Gasteiger partial charge in [0.1, 0.15) is 5.76 Å². The number of fused-ring (bicyclic) bond motifs is 1. The van der Waals surface area contributed by atoms with Crippen LogP contribution in [0.1, 0.15) is 25.5 Å². The summed E-state index contributed by atoms with van der Waals surface area (Å²) in [6.07, 6.45) is -0.744.